The third-order valence-electron chi connectivity index (χ3n) is 3.83. The first-order chi connectivity index (χ1) is 10.6. The second-order valence-electron chi connectivity index (χ2n) is 5.42. The molecule has 1 atom stereocenters. The van der Waals surface area contributed by atoms with Gasteiger partial charge >= 0.3 is 5.97 Å². The van der Waals surface area contributed by atoms with Crippen molar-refractivity contribution in [2.45, 2.75) is 36.8 Å². The molecule has 4 nitrogen and oxygen atoms in total. The van der Waals surface area contributed by atoms with Crippen molar-refractivity contribution in [3.05, 3.63) is 30.3 Å². The summed E-state index contributed by atoms with van der Waals surface area (Å²) in [5.74, 6) is -0.0291. The Morgan fingerprint density at radius 1 is 1.27 bits per heavy atom. The molecule has 0 spiro atoms. The van der Waals surface area contributed by atoms with Crippen LogP contribution in [0.2, 0.25) is 0 Å². The summed E-state index contributed by atoms with van der Waals surface area (Å²) in [5.41, 5.74) is 0. The Hall–Kier alpha value is -1.49. The topological polar surface area (TPSA) is 46.6 Å². The molecule has 1 fully saturated rings. The first-order valence-electron chi connectivity index (χ1n) is 7.79. The van der Waals surface area contributed by atoms with Gasteiger partial charge in [-0.15, -0.1) is 11.8 Å². The molecule has 0 N–H and O–H groups in total. The van der Waals surface area contributed by atoms with Crippen LogP contribution in [0.4, 0.5) is 0 Å². The molecule has 1 amide bonds. The predicted octanol–water partition coefficient (Wildman–Crippen LogP) is 2.97. The average Bonchev–Trinajstić information content (AvgIpc) is 2.55. The van der Waals surface area contributed by atoms with Gasteiger partial charge < -0.3 is 9.64 Å². The smallest absolute Gasteiger partial charge is 0.309 e. The third kappa shape index (κ3) is 4.50. The number of rotatable bonds is 5. The normalized spacial score (nSPS) is 17.1. The van der Waals surface area contributed by atoms with Crippen LogP contribution in [0, 0.1) is 5.92 Å². The Morgan fingerprint density at radius 3 is 2.50 bits per heavy atom. The first kappa shape index (κ1) is 16.9. The quantitative estimate of drug-likeness (QED) is 0.618. The molecule has 1 heterocycles. The molecule has 120 valence electrons. The highest BCUT2D eigenvalue weighted by atomic mass is 32.2. The molecule has 5 heteroatoms. The molecule has 1 aliphatic rings. The molecule has 0 aromatic heterocycles. The summed E-state index contributed by atoms with van der Waals surface area (Å²) in [6, 6.07) is 9.95. The summed E-state index contributed by atoms with van der Waals surface area (Å²) >= 11 is 1.58. The third-order valence-corrected chi connectivity index (χ3v) is 4.93. The fraction of sp³-hybridized carbons (Fsp3) is 0.529. The molecule has 1 aromatic rings. The SMILES string of the molecule is CCOC(=O)C1CCN(C(=O)C(C)Sc2ccccc2)CC1. The van der Waals surface area contributed by atoms with Gasteiger partial charge in [-0.3, -0.25) is 9.59 Å². The van der Waals surface area contributed by atoms with Crippen molar-refractivity contribution < 1.29 is 14.3 Å². The predicted molar refractivity (Wildman–Crippen MR) is 87.7 cm³/mol. The van der Waals surface area contributed by atoms with E-state index < -0.39 is 0 Å². The van der Waals surface area contributed by atoms with E-state index in [1.54, 1.807) is 11.8 Å². The van der Waals surface area contributed by atoms with E-state index in [0.717, 1.165) is 4.90 Å². The molecule has 2 rings (SSSR count). The number of hydrogen-bond donors (Lipinski definition) is 0. The Labute approximate surface area is 136 Å². The van der Waals surface area contributed by atoms with Crippen molar-refractivity contribution in [2.24, 2.45) is 5.92 Å². The maximum Gasteiger partial charge on any atom is 0.309 e. The van der Waals surface area contributed by atoms with E-state index in [1.807, 2.05) is 49.1 Å². The number of thioether (sulfide) groups is 1. The summed E-state index contributed by atoms with van der Waals surface area (Å²) in [6.07, 6.45) is 1.40. The minimum absolute atomic E-state index is 0.0546. The lowest BCUT2D eigenvalue weighted by molar-refractivity contribution is -0.151. The summed E-state index contributed by atoms with van der Waals surface area (Å²) in [6.45, 7) is 5.46. The van der Waals surface area contributed by atoms with Crippen molar-refractivity contribution in [2.75, 3.05) is 19.7 Å². The zero-order valence-corrected chi connectivity index (χ0v) is 14.0. The van der Waals surface area contributed by atoms with Crippen LogP contribution in [0.5, 0.6) is 0 Å². The van der Waals surface area contributed by atoms with Gasteiger partial charge in [-0.25, -0.2) is 0 Å². The molecular weight excluding hydrogens is 298 g/mol. The maximum absolute atomic E-state index is 12.5. The van der Waals surface area contributed by atoms with E-state index in [0.29, 0.717) is 32.5 Å². The number of benzene rings is 1. The highest BCUT2D eigenvalue weighted by Gasteiger charge is 2.30. The zero-order chi connectivity index (χ0) is 15.9. The number of esters is 1. The summed E-state index contributed by atoms with van der Waals surface area (Å²) in [7, 11) is 0. The molecule has 22 heavy (non-hydrogen) atoms. The second kappa shape index (κ2) is 8.22. The van der Waals surface area contributed by atoms with Gasteiger partial charge in [0, 0.05) is 18.0 Å². The van der Waals surface area contributed by atoms with Crippen molar-refractivity contribution in [1.29, 1.82) is 0 Å². The van der Waals surface area contributed by atoms with Crippen LogP contribution >= 0.6 is 11.8 Å². The van der Waals surface area contributed by atoms with Crippen LogP contribution in [-0.2, 0) is 14.3 Å². The van der Waals surface area contributed by atoms with E-state index in [-0.39, 0.29) is 23.0 Å². The Morgan fingerprint density at radius 2 is 1.91 bits per heavy atom. The fourth-order valence-corrected chi connectivity index (χ4v) is 3.58. The van der Waals surface area contributed by atoms with Gasteiger partial charge in [-0.2, -0.15) is 0 Å². The highest BCUT2D eigenvalue weighted by molar-refractivity contribution is 8.00. The molecule has 0 saturated carbocycles. The van der Waals surface area contributed by atoms with E-state index >= 15 is 0 Å². The van der Waals surface area contributed by atoms with Gasteiger partial charge in [0.2, 0.25) is 5.91 Å². The van der Waals surface area contributed by atoms with Gasteiger partial charge in [0.15, 0.2) is 0 Å². The molecule has 1 unspecified atom stereocenters. The molecule has 0 aliphatic carbocycles. The largest absolute Gasteiger partial charge is 0.466 e. The van der Waals surface area contributed by atoms with Crippen molar-refractivity contribution in [3.8, 4) is 0 Å². The van der Waals surface area contributed by atoms with Crippen molar-refractivity contribution >= 4 is 23.6 Å². The Balaban J connectivity index is 1.83. The highest BCUT2D eigenvalue weighted by Crippen LogP contribution is 2.26. The maximum atomic E-state index is 12.5. The van der Waals surface area contributed by atoms with Gasteiger partial charge in [0.05, 0.1) is 17.8 Å². The van der Waals surface area contributed by atoms with Gasteiger partial charge in [-0.1, -0.05) is 18.2 Å². The monoisotopic (exact) mass is 321 g/mol. The molecule has 0 radical (unpaired) electrons. The number of carbonyl (C=O) groups excluding carboxylic acids is 2. The number of hydrogen-bond acceptors (Lipinski definition) is 4. The van der Waals surface area contributed by atoms with E-state index in [2.05, 4.69) is 0 Å². The number of likely N-dealkylation sites (tertiary alicyclic amines) is 1. The molecule has 0 bridgehead atoms. The molecule has 1 aliphatic heterocycles. The summed E-state index contributed by atoms with van der Waals surface area (Å²) in [5, 5.41) is -0.110. The minimum Gasteiger partial charge on any atom is -0.466 e. The van der Waals surface area contributed by atoms with E-state index in [9.17, 15) is 9.59 Å². The van der Waals surface area contributed by atoms with Crippen LogP contribution < -0.4 is 0 Å². The molecule has 1 saturated heterocycles. The van der Waals surface area contributed by atoms with Crippen LogP contribution in [0.1, 0.15) is 26.7 Å². The first-order valence-corrected chi connectivity index (χ1v) is 8.67. The van der Waals surface area contributed by atoms with E-state index in [4.69, 9.17) is 4.74 Å². The van der Waals surface area contributed by atoms with Gasteiger partial charge in [0.1, 0.15) is 0 Å². The zero-order valence-electron chi connectivity index (χ0n) is 13.2. The van der Waals surface area contributed by atoms with Crippen LogP contribution in [0.25, 0.3) is 0 Å². The number of carbonyl (C=O) groups is 2. The minimum atomic E-state index is -0.124. The van der Waals surface area contributed by atoms with Gasteiger partial charge in [-0.05, 0) is 38.8 Å². The number of ether oxygens (including phenoxy) is 1. The lowest BCUT2D eigenvalue weighted by Gasteiger charge is -2.32. The summed E-state index contributed by atoms with van der Waals surface area (Å²) < 4.78 is 5.06. The molecule has 1 aromatic carbocycles. The average molecular weight is 321 g/mol. The van der Waals surface area contributed by atoms with Crippen LogP contribution in [0.3, 0.4) is 0 Å². The second-order valence-corrected chi connectivity index (χ2v) is 6.84. The van der Waals surface area contributed by atoms with E-state index in [1.165, 1.54) is 0 Å². The number of amides is 1. The lowest BCUT2D eigenvalue weighted by Crippen LogP contribution is -2.43. The summed E-state index contributed by atoms with van der Waals surface area (Å²) in [4.78, 5) is 27.2. The van der Waals surface area contributed by atoms with Crippen LogP contribution in [-0.4, -0.2) is 41.7 Å². The lowest BCUT2D eigenvalue weighted by atomic mass is 9.97. The van der Waals surface area contributed by atoms with Gasteiger partial charge in [0.25, 0.3) is 0 Å². The standard InChI is InChI=1S/C17H23NO3S/c1-3-21-17(20)14-9-11-18(12-10-14)16(19)13(2)22-15-7-5-4-6-8-15/h4-8,13-14H,3,9-12H2,1-2H3. The fourth-order valence-electron chi connectivity index (χ4n) is 2.61. The number of piperidine rings is 1. The molecular formula is C17H23NO3S. The Bertz CT molecular complexity index is 498. The number of nitrogens with zero attached hydrogens (tertiary/aromatic N) is 1. The Kier molecular flexibility index (Phi) is 6.31. The van der Waals surface area contributed by atoms with Crippen molar-refractivity contribution in [1.82, 2.24) is 4.90 Å². The van der Waals surface area contributed by atoms with Crippen molar-refractivity contribution in [3.63, 3.8) is 0 Å². The van der Waals surface area contributed by atoms with Crippen LogP contribution in [0.15, 0.2) is 35.2 Å².